The van der Waals surface area contributed by atoms with Gasteiger partial charge in [-0.25, -0.2) is 4.79 Å². The Bertz CT molecular complexity index is 349. The summed E-state index contributed by atoms with van der Waals surface area (Å²) in [6.07, 6.45) is 4.62. The van der Waals surface area contributed by atoms with E-state index < -0.39 is 0 Å². The Kier molecular flexibility index (Phi) is 2.28. The quantitative estimate of drug-likeness (QED) is 0.541. The average molecular weight is 222 g/mol. The van der Waals surface area contributed by atoms with E-state index in [4.69, 9.17) is 4.74 Å². The number of hydrogen-bond donors (Lipinski definition) is 0. The second kappa shape index (κ2) is 3.12. The lowest BCUT2D eigenvalue weighted by Crippen LogP contribution is -2.37. The summed E-state index contributed by atoms with van der Waals surface area (Å²) in [6.45, 7) is 12.4. The highest BCUT2D eigenvalue weighted by Crippen LogP contribution is 2.80. The number of ether oxygens (including phenoxy) is 1. The van der Waals surface area contributed by atoms with Crippen molar-refractivity contribution < 1.29 is 9.53 Å². The molecule has 0 aromatic carbocycles. The lowest BCUT2D eigenvalue weighted by Gasteiger charge is -2.32. The molecule has 0 radical (unpaired) electrons. The van der Waals surface area contributed by atoms with Gasteiger partial charge in [0.05, 0.1) is 0 Å². The summed E-state index contributed by atoms with van der Waals surface area (Å²) in [5.41, 5.74) is 0.241. The second-order valence-electron chi connectivity index (χ2n) is 6.09. The van der Waals surface area contributed by atoms with Gasteiger partial charge in [-0.1, -0.05) is 33.8 Å². The van der Waals surface area contributed by atoms with Gasteiger partial charge in [0, 0.05) is 11.5 Å². The molecular formula is C14H22O2. The van der Waals surface area contributed by atoms with Gasteiger partial charge < -0.3 is 4.74 Å². The molecule has 2 aliphatic rings. The average Bonchev–Trinajstić information content (AvgIpc) is 2.76. The molecule has 0 N–H and O–H groups in total. The van der Waals surface area contributed by atoms with E-state index in [0.29, 0.717) is 11.3 Å². The van der Waals surface area contributed by atoms with Crippen molar-refractivity contribution in [3.8, 4) is 0 Å². The number of rotatable bonds is 3. The normalized spacial score (nSPS) is 49.6. The Morgan fingerprint density at radius 3 is 2.56 bits per heavy atom. The zero-order chi connectivity index (χ0) is 12.2. The van der Waals surface area contributed by atoms with Crippen LogP contribution < -0.4 is 0 Å². The minimum atomic E-state index is -0.298. The first kappa shape index (κ1) is 11.7. The van der Waals surface area contributed by atoms with E-state index in [-0.39, 0.29) is 17.0 Å². The molecule has 4 atom stereocenters. The highest BCUT2D eigenvalue weighted by molar-refractivity contribution is 5.81. The third-order valence-electron chi connectivity index (χ3n) is 5.55. The van der Waals surface area contributed by atoms with Gasteiger partial charge in [0.2, 0.25) is 0 Å². The van der Waals surface area contributed by atoms with Crippen LogP contribution in [0.4, 0.5) is 0 Å². The maximum Gasteiger partial charge on any atom is 0.330 e. The molecule has 0 aromatic rings. The van der Waals surface area contributed by atoms with Gasteiger partial charge in [0.15, 0.2) is 0 Å². The predicted molar refractivity (Wildman–Crippen MR) is 63.9 cm³/mol. The summed E-state index contributed by atoms with van der Waals surface area (Å²) >= 11 is 0. The summed E-state index contributed by atoms with van der Waals surface area (Å²) in [5.74, 6) is 0.398. The molecule has 0 bridgehead atoms. The molecule has 0 aliphatic heterocycles. The van der Waals surface area contributed by atoms with Crippen LogP contribution in [0, 0.1) is 16.7 Å². The van der Waals surface area contributed by atoms with Crippen LogP contribution in [0.15, 0.2) is 12.7 Å². The summed E-state index contributed by atoms with van der Waals surface area (Å²) in [7, 11) is 0. The van der Waals surface area contributed by atoms with Crippen molar-refractivity contribution in [3.05, 3.63) is 12.7 Å². The Balaban J connectivity index is 2.24. The molecular weight excluding hydrogens is 200 g/mol. The van der Waals surface area contributed by atoms with Gasteiger partial charge in [-0.05, 0) is 31.1 Å². The Labute approximate surface area is 98.1 Å². The van der Waals surface area contributed by atoms with Crippen LogP contribution in [0.5, 0.6) is 0 Å². The van der Waals surface area contributed by atoms with E-state index >= 15 is 0 Å². The molecule has 0 aromatic heterocycles. The standard InChI is InChI=1S/C14H22O2/c1-6-10-8-14(5,16-11(15)7-2)13(4)9-12(10,13)3/h7,10H,2,6,8-9H2,1,3-5H3. The summed E-state index contributed by atoms with van der Waals surface area (Å²) in [6, 6.07) is 0. The van der Waals surface area contributed by atoms with Crippen molar-refractivity contribution in [1.29, 1.82) is 0 Å². The second-order valence-corrected chi connectivity index (χ2v) is 6.09. The fraction of sp³-hybridized carbons (Fsp3) is 0.786. The molecule has 0 amide bonds. The maximum absolute atomic E-state index is 11.4. The fourth-order valence-electron chi connectivity index (χ4n) is 4.01. The van der Waals surface area contributed by atoms with Crippen molar-refractivity contribution >= 4 is 5.97 Å². The first-order valence-corrected chi connectivity index (χ1v) is 6.18. The summed E-state index contributed by atoms with van der Waals surface area (Å²) in [4.78, 5) is 11.4. The van der Waals surface area contributed by atoms with Crippen LogP contribution in [-0.2, 0) is 9.53 Å². The number of hydrogen-bond acceptors (Lipinski definition) is 2. The molecule has 2 aliphatic carbocycles. The zero-order valence-corrected chi connectivity index (χ0v) is 10.8. The largest absolute Gasteiger partial charge is 0.456 e. The van der Waals surface area contributed by atoms with Crippen LogP contribution >= 0.6 is 0 Å². The molecule has 2 heteroatoms. The number of esters is 1. The van der Waals surface area contributed by atoms with Crippen molar-refractivity contribution in [2.45, 2.75) is 52.6 Å². The number of carbonyl (C=O) groups excluding carboxylic acids is 1. The van der Waals surface area contributed by atoms with E-state index in [9.17, 15) is 4.79 Å². The van der Waals surface area contributed by atoms with Crippen molar-refractivity contribution in [3.63, 3.8) is 0 Å². The molecule has 2 rings (SSSR count). The monoisotopic (exact) mass is 222 g/mol. The van der Waals surface area contributed by atoms with Crippen LogP contribution in [-0.4, -0.2) is 11.6 Å². The van der Waals surface area contributed by atoms with Crippen molar-refractivity contribution in [1.82, 2.24) is 0 Å². The first-order valence-electron chi connectivity index (χ1n) is 6.18. The number of carbonyl (C=O) groups is 1. The maximum atomic E-state index is 11.4. The Morgan fingerprint density at radius 1 is 1.50 bits per heavy atom. The molecule has 0 spiro atoms. The highest BCUT2D eigenvalue weighted by Gasteiger charge is 2.78. The van der Waals surface area contributed by atoms with Crippen LogP contribution in [0.25, 0.3) is 0 Å². The van der Waals surface area contributed by atoms with Crippen LogP contribution in [0.3, 0.4) is 0 Å². The minimum Gasteiger partial charge on any atom is -0.456 e. The third kappa shape index (κ3) is 1.16. The fourth-order valence-corrected chi connectivity index (χ4v) is 4.01. The Morgan fingerprint density at radius 2 is 2.12 bits per heavy atom. The van der Waals surface area contributed by atoms with E-state index in [0.717, 1.165) is 6.42 Å². The molecule has 2 saturated carbocycles. The van der Waals surface area contributed by atoms with E-state index in [1.165, 1.54) is 18.9 Å². The molecule has 2 fully saturated rings. The molecule has 90 valence electrons. The van der Waals surface area contributed by atoms with Crippen LogP contribution in [0.1, 0.15) is 47.0 Å². The zero-order valence-electron chi connectivity index (χ0n) is 10.8. The van der Waals surface area contributed by atoms with Gasteiger partial charge in [-0.2, -0.15) is 0 Å². The van der Waals surface area contributed by atoms with Crippen molar-refractivity contribution in [2.24, 2.45) is 16.7 Å². The van der Waals surface area contributed by atoms with Gasteiger partial charge in [-0.3, -0.25) is 0 Å². The van der Waals surface area contributed by atoms with Gasteiger partial charge >= 0.3 is 5.97 Å². The van der Waals surface area contributed by atoms with E-state index in [1.807, 2.05) is 0 Å². The Hall–Kier alpha value is -0.790. The lowest BCUT2D eigenvalue weighted by molar-refractivity contribution is -0.158. The van der Waals surface area contributed by atoms with Crippen molar-refractivity contribution in [2.75, 3.05) is 0 Å². The van der Waals surface area contributed by atoms with Gasteiger partial charge in [-0.15, -0.1) is 0 Å². The third-order valence-corrected chi connectivity index (χ3v) is 5.55. The first-order chi connectivity index (χ1) is 7.33. The van der Waals surface area contributed by atoms with Gasteiger partial charge in [0.1, 0.15) is 5.60 Å². The molecule has 16 heavy (non-hydrogen) atoms. The molecule has 0 heterocycles. The molecule has 0 saturated heterocycles. The number of fused-ring (bicyclic) bond motifs is 1. The summed E-state index contributed by atoms with van der Waals surface area (Å²) < 4.78 is 5.65. The minimum absolute atomic E-state index is 0.166. The van der Waals surface area contributed by atoms with E-state index in [1.54, 1.807) is 0 Å². The lowest BCUT2D eigenvalue weighted by atomic mass is 9.87. The topological polar surface area (TPSA) is 26.3 Å². The smallest absolute Gasteiger partial charge is 0.330 e. The molecule has 4 unspecified atom stereocenters. The highest BCUT2D eigenvalue weighted by atomic mass is 16.6. The van der Waals surface area contributed by atoms with Crippen LogP contribution in [0.2, 0.25) is 0 Å². The SMILES string of the molecule is C=CC(=O)OC1(C)CC(CC)C2(C)CC12C. The molecule has 2 nitrogen and oxygen atoms in total. The predicted octanol–water partition coefficient (Wildman–Crippen LogP) is 3.32. The summed E-state index contributed by atoms with van der Waals surface area (Å²) in [5, 5.41) is 0. The van der Waals surface area contributed by atoms with E-state index in [2.05, 4.69) is 34.3 Å². The van der Waals surface area contributed by atoms with Gasteiger partial charge in [0.25, 0.3) is 0 Å².